The van der Waals surface area contributed by atoms with E-state index in [0.717, 1.165) is 0 Å². The predicted octanol–water partition coefficient (Wildman–Crippen LogP) is 1.24. The molecule has 1 saturated heterocycles. The van der Waals surface area contributed by atoms with E-state index in [2.05, 4.69) is 0 Å². The third-order valence-corrected chi connectivity index (χ3v) is 4.88. The van der Waals surface area contributed by atoms with E-state index in [1.165, 1.54) is 20.3 Å². The molecular weight excluding hydrogens is 260 g/mol. The summed E-state index contributed by atoms with van der Waals surface area (Å²) in [5.74, 6) is -2.20. The molecule has 4 atom stereocenters. The zero-order chi connectivity index (χ0) is 14.6. The van der Waals surface area contributed by atoms with E-state index in [1.807, 2.05) is 19.1 Å². The Kier molecular flexibility index (Phi) is 2.72. The molecule has 0 aromatic heterocycles. The van der Waals surface area contributed by atoms with Gasteiger partial charge in [0.2, 0.25) is 0 Å². The molecule has 20 heavy (non-hydrogen) atoms. The number of rotatable bonds is 2. The molecule has 0 aromatic rings. The average molecular weight is 278 g/mol. The summed E-state index contributed by atoms with van der Waals surface area (Å²) in [5.41, 5.74) is -1.68. The molecule has 1 fully saturated rings. The van der Waals surface area contributed by atoms with Gasteiger partial charge in [0.15, 0.2) is 11.6 Å². The number of hydrogen-bond acceptors (Lipinski definition) is 5. The van der Waals surface area contributed by atoms with Crippen LogP contribution in [-0.4, -0.2) is 38.4 Å². The Bertz CT molecular complexity index is 536. The number of methoxy groups -OCH3 is 2. The zero-order valence-corrected chi connectivity index (χ0v) is 11.8. The Morgan fingerprint density at radius 3 is 2.80 bits per heavy atom. The number of esters is 1. The van der Waals surface area contributed by atoms with Gasteiger partial charge in [0, 0.05) is 12.5 Å². The first-order chi connectivity index (χ1) is 9.45. The van der Waals surface area contributed by atoms with Crippen LogP contribution in [-0.2, 0) is 23.8 Å². The van der Waals surface area contributed by atoms with Crippen molar-refractivity contribution < 1.29 is 23.8 Å². The molecule has 0 N–H and O–H groups in total. The number of ether oxygens (including phenoxy) is 3. The van der Waals surface area contributed by atoms with Crippen molar-refractivity contribution in [3.8, 4) is 0 Å². The minimum absolute atomic E-state index is 0.233. The first-order valence-electron chi connectivity index (χ1n) is 6.64. The zero-order valence-electron chi connectivity index (χ0n) is 11.8. The largest absolute Gasteiger partial charge is 0.468 e. The topological polar surface area (TPSA) is 61.8 Å². The minimum Gasteiger partial charge on any atom is -0.468 e. The molecule has 0 amide bonds. The maximum atomic E-state index is 12.5. The molecule has 0 radical (unpaired) electrons. The van der Waals surface area contributed by atoms with E-state index in [4.69, 9.17) is 14.2 Å². The van der Waals surface area contributed by atoms with Crippen molar-refractivity contribution in [1.29, 1.82) is 0 Å². The van der Waals surface area contributed by atoms with Gasteiger partial charge in [0.1, 0.15) is 5.41 Å². The van der Waals surface area contributed by atoms with E-state index in [9.17, 15) is 9.59 Å². The third kappa shape index (κ3) is 1.34. The van der Waals surface area contributed by atoms with Crippen LogP contribution in [0.15, 0.2) is 24.3 Å². The van der Waals surface area contributed by atoms with E-state index < -0.39 is 28.5 Å². The monoisotopic (exact) mass is 278 g/mol. The second-order valence-corrected chi connectivity index (χ2v) is 5.92. The van der Waals surface area contributed by atoms with Crippen LogP contribution >= 0.6 is 0 Å². The van der Waals surface area contributed by atoms with Gasteiger partial charge in [0.05, 0.1) is 19.6 Å². The molecule has 0 aromatic carbocycles. The Morgan fingerprint density at radius 1 is 1.40 bits per heavy atom. The van der Waals surface area contributed by atoms with Crippen molar-refractivity contribution in [2.75, 3.05) is 20.8 Å². The van der Waals surface area contributed by atoms with Crippen LogP contribution in [0.2, 0.25) is 0 Å². The lowest BCUT2D eigenvalue weighted by Crippen LogP contribution is -2.60. The fourth-order valence-electron chi connectivity index (χ4n) is 4.03. The van der Waals surface area contributed by atoms with Gasteiger partial charge in [-0.05, 0) is 18.6 Å². The van der Waals surface area contributed by atoms with Gasteiger partial charge in [-0.15, -0.1) is 0 Å². The van der Waals surface area contributed by atoms with Gasteiger partial charge in [-0.3, -0.25) is 9.59 Å². The molecule has 5 nitrogen and oxygen atoms in total. The minimum atomic E-state index is -1.25. The van der Waals surface area contributed by atoms with Gasteiger partial charge in [-0.25, -0.2) is 0 Å². The van der Waals surface area contributed by atoms with E-state index in [0.29, 0.717) is 13.0 Å². The molecule has 2 aliphatic carbocycles. The van der Waals surface area contributed by atoms with Crippen molar-refractivity contribution in [1.82, 2.24) is 0 Å². The van der Waals surface area contributed by atoms with Crippen molar-refractivity contribution >= 4 is 11.8 Å². The lowest BCUT2D eigenvalue weighted by atomic mass is 9.53. The van der Waals surface area contributed by atoms with Crippen molar-refractivity contribution in [3.63, 3.8) is 0 Å². The molecule has 3 rings (SSSR count). The average Bonchev–Trinajstić information content (AvgIpc) is 2.77. The lowest BCUT2D eigenvalue weighted by molar-refractivity contribution is -0.213. The summed E-state index contributed by atoms with van der Waals surface area (Å²) in [5, 5.41) is 0. The normalized spacial score (nSPS) is 45.4. The Balaban J connectivity index is 2.26. The smallest absolute Gasteiger partial charge is 0.320 e. The SMILES string of the molecule is COC(=O)[C@]12CC=C[C@]3(C)CO[C@](OC)(C=CC1=O)[C@H]23. The molecule has 108 valence electrons. The highest BCUT2D eigenvalue weighted by Crippen LogP contribution is 2.61. The lowest BCUT2D eigenvalue weighted by Gasteiger charge is -2.49. The van der Waals surface area contributed by atoms with Crippen molar-refractivity contribution in [2.45, 2.75) is 19.1 Å². The summed E-state index contributed by atoms with van der Waals surface area (Å²) in [6, 6.07) is 0. The standard InChI is InChI=1S/C15H18O5/c1-13-6-4-7-14(12(17)18-2)10(16)5-8-15(19-3,11(13)14)20-9-13/h4-6,8,11H,7,9H2,1-3H3/t11-,13+,14+,15+/m0/s1. The van der Waals surface area contributed by atoms with Crippen molar-refractivity contribution in [2.24, 2.45) is 16.7 Å². The summed E-state index contributed by atoms with van der Waals surface area (Å²) >= 11 is 0. The number of ketones is 1. The van der Waals surface area contributed by atoms with Crippen LogP contribution in [0.25, 0.3) is 0 Å². The second kappa shape index (κ2) is 4.02. The summed E-state index contributed by atoms with van der Waals surface area (Å²) in [7, 11) is 2.84. The number of carbonyl (C=O) groups excluding carboxylic acids is 2. The van der Waals surface area contributed by atoms with Gasteiger partial charge < -0.3 is 14.2 Å². The van der Waals surface area contributed by atoms with Crippen LogP contribution in [0.5, 0.6) is 0 Å². The maximum Gasteiger partial charge on any atom is 0.320 e. The summed E-state index contributed by atoms with van der Waals surface area (Å²) in [4.78, 5) is 25.0. The second-order valence-electron chi connectivity index (χ2n) is 5.92. The van der Waals surface area contributed by atoms with Crippen LogP contribution in [0.1, 0.15) is 13.3 Å². The molecular formula is C15H18O5. The van der Waals surface area contributed by atoms with Crippen LogP contribution in [0.3, 0.4) is 0 Å². The van der Waals surface area contributed by atoms with E-state index >= 15 is 0 Å². The number of allylic oxidation sites excluding steroid dienone is 2. The fraction of sp³-hybridized carbons (Fsp3) is 0.600. The molecule has 1 heterocycles. The summed E-state index contributed by atoms with van der Waals surface area (Å²) < 4.78 is 16.4. The van der Waals surface area contributed by atoms with Gasteiger partial charge in [-0.2, -0.15) is 0 Å². The van der Waals surface area contributed by atoms with E-state index in [-0.39, 0.29) is 5.78 Å². The highest BCUT2D eigenvalue weighted by atomic mass is 16.7. The molecule has 0 bridgehead atoms. The first-order valence-corrected chi connectivity index (χ1v) is 6.64. The predicted molar refractivity (Wildman–Crippen MR) is 69.6 cm³/mol. The van der Waals surface area contributed by atoms with Crippen LogP contribution < -0.4 is 0 Å². The van der Waals surface area contributed by atoms with Crippen LogP contribution in [0.4, 0.5) is 0 Å². The quantitative estimate of drug-likeness (QED) is 0.432. The molecule has 1 aliphatic heterocycles. The molecule has 3 aliphatic rings. The molecule has 0 spiro atoms. The summed E-state index contributed by atoms with van der Waals surface area (Å²) in [6.07, 6.45) is 7.23. The third-order valence-electron chi connectivity index (χ3n) is 4.88. The fourth-order valence-corrected chi connectivity index (χ4v) is 4.03. The Morgan fingerprint density at radius 2 is 2.15 bits per heavy atom. The Hall–Kier alpha value is -1.46. The highest BCUT2D eigenvalue weighted by Gasteiger charge is 2.71. The van der Waals surface area contributed by atoms with Gasteiger partial charge in [0.25, 0.3) is 0 Å². The van der Waals surface area contributed by atoms with Gasteiger partial charge >= 0.3 is 5.97 Å². The first kappa shape index (κ1) is 13.5. The molecule has 0 unspecified atom stereocenters. The van der Waals surface area contributed by atoms with E-state index in [1.54, 1.807) is 6.08 Å². The van der Waals surface area contributed by atoms with Crippen LogP contribution in [0, 0.1) is 16.7 Å². The number of carbonyl (C=O) groups is 2. The highest BCUT2D eigenvalue weighted by molar-refractivity contribution is 6.11. The molecule has 5 heteroatoms. The van der Waals surface area contributed by atoms with Crippen molar-refractivity contribution in [3.05, 3.63) is 24.3 Å². The molecule has 0 saturated carbocycles. The summed E-state index contributed by atoms with van der Waals surface area (Å²) in [6.45, 7) is 2.39. The maximum absolute atomic E-state index is 12.5. The van der Waals surface area contributed by atoms with Gasteiger partial charge in [-0.1, -0.05) is 19.1 Å². The Labute approximate surface area is 117 Å². The number of hydrogen-bond donors (Lipinski definition) is 0.